The molecular formula is C10H12F2N2O3. The number of hydrogen-bond acceptors (Lipinski definition) is 4. The second kappa shape index (κ2) is 5.42. The molecule has 7 heteroatoms. The molecule has 0 saturated heterocycles. The van der Waals surface area contributed by atoms with Crippen LogP contribution in [0.1, 0.15) is 6.92 Å². The highest BCUT2D eigenvalue weighted by molar-refractivity contribution is 5.64. The average Bonchev–Trinajstić information content (AvgIpc) is 2.29. The molecule has 5 nitrogen and oxygen atoms in total. The van der Waals surface area contributed by atoms with E-state index in [0.717, 1.165) is 0 Å². The first kappa shape index (κ1) is 13.1. The molecule has 1 atom stereocenters. The molecule has 0 fully saturated rings. The van der Waals surface area contributed by atoms with Gasteiger partial charge in [-0.2, -0.15) is 0 Å². The molecule has 1 N–H and O–H groups in total. The van der Waals surface area contributed by atoms with Crippen molar-refractivity contribution >= 4 is 11.4 Å². The average molecular weight is 246 g/mol. The van der Waals surface area contributed by atoms with Crippen molar-refractivity contribution < 1.29 is 18.4 Å². The number of hydrogen-bond donors (Lipinski definition) is 1. The topological polar surface area (TPSA) is 64.4 Å². The van der Waals surface area contributed by atoms with Crippen molar-refractivity contribution in [1.29, 1.82) is 0 Å². The Kier molecular flexibility index (Phi) is 4.19. The molecule has 0 bridgehead atoms. The summed E-state index contributed by atoms with van der Waals surface area (Å²) in [6, 6.07) is 2.83. The molecule has 0 heterocycles. The number of nitro benzene ring substituents is 1. The van der Waals surface area contributed by atoms with Gasteiger partial charge in [0.2, 0.25) is 0 Å². The highest BCUT2D eigenvalue weighted by atomic mass is 19.3. The highest BCUT2D eigenvalue weighted by Gasteiger charge is 2.20. The van der Waals surface area contributed by atoms with Crippen molar-refractivity contribution in [2.45, 2.75) is 19.4 Å². The zero-order valence-corrected chi connectivity index (χ0v) is 9.31. The van der Waals surface area contributed by atoms with E-state index in [0.29, 0.717) is 5.75 Å². The third-order valence-corrected chi connectivity index (χ3v) is 2.16. The number of benzene rings is 1. The molecule has 0 spiro atoms. The number of ether oxygens (including phenoxy) is 1. The van der Waals surface area contributed by atoms with Gasteiger partial charge in [0.1, 0.15) is 11.4 Å². The molecule has 17 heavy (non-hydrogen) atoms. The minimum absolute atomic E-state index is 0.0450. The van der Waals surface area contributed by atoms with Gasteiger partial charge in [0.05, 0.1) is 24.1 Å². The quantitative estimate of drug-likeness (QED) is 0.640. The van der Waals surface area contributed by atoms with Crippen LogP contribution in [0.3, 0.4) is 0 Å². The van der Waals surface area contributed by atoms with E-state index in [1.165, 1.54) is 32.2 Å². The van der Waals surface area contributed by atoms with Gasteiger partial charge in [-0.1, -0.05) is 0 Å². The van der Waals surface area contributed by atoms with Crippen molar-refractivity contribution in [3.8, 4) is 5.75 Å². The van der Waals surface area contributed by atoms with Gasteiger partial charge in [-0.05, 0) is 19.1 Å². The van der Waals surface area contributed by atoms with E-state index in [-0.39, 0.29) is 11.4 Å². The van der Waals surface area contributed by atoms with E-state index in [2.05, 4.69) is 5.32 Å². The summed E-state index contributed by atoms with van der Waals surface area (Å²) < 4.78 is 29.5. The van der Waals surface area contributed by atoms with Crippen LogP contribution in [0.2, 0.25) is 0 Å². The standard InChI is InChI=1S/C10H12F2N2O3/c1-6(10(11)12)13-8-4-3-7(17-2)5-9(8)14(15)16/h3-6,10,13H,1-2H3. The van der Waals surface area contributed by atoms with Crippen LogP contribution in [0.25, 0.3) is 0 Å². The molecule has 94 valence electrons. The zero-order chi connectivity index (χ0) is 13.0. The maximum Gasteiger partial charge on any atom is 0.296 e. The minimum Gasteiger partial charge on any atom is -0.496 e. The Morgan fingerprint density at radius 1 is 1.47 bits per heavy atom. The van der Waals surface area contributed by atoms with Gasteiger partial charge in [0.15, 0.2) is 0 Å². The SMILES string of the molecule is COc1ccc(NC(C)C(F)F)c([N+](=O)[O-])c1. The molecule has 0 aromatic heterocycles. The maximum atomic E-state index is 12.3. The van der Waals surface area contributed by atoms with Gasteiger partial charge in [-0.15, -0.1) is 0 Å². The maximum absolute atomic E-state index is 12.3. The number of anilines is 1. The van der Waals surface area contributed by atoms with Crippen LogP contribution in [0.4, 0.5) is 20.2 Å². The molecule has 0 aliphatic carbocycles. The molecule has 0 amide bonds. The van der Waals surface area contributed by atoms with Gasteiger partial charge in [-0.25, -0.2) is 8.78 Å². The summed E-state index contributed by atoms with van der Waals surface area (Å²) in [5.41, 5.74) is -0.250. The van der Waals surface area contributed by atoms with Crippen LogP contribution >= 0.6 is 0 Å². The van der Waals surface area contributed by atoms with Crippen molar-refractivity contribution in [2.24, 2.45) is 0 Å². The van der Waals surface area contributed by atoms with Gasteiger partial charge < -0.3 is 10.1 Å². The van der Waals surface area contributed by atoms with E-state index in [1.807, 2.05) is 0 Å². The molecule has 1 rings (SSSR count). The molecule has 1 aromatic rings. The van der Waals surface area contributed by atoms with Crippen molar-refractivity contribution in [3.63, 3.8) is 0 Å². The van der Waals surface area contributed by atoms with Gasteiger partial charge in [0, 0.05) is 0 Å². The number of methoxy groups -OCH3 is 1. The Hall–Kier alpha value is -1.92. The minimum atomic E-state index is -2.60. The lowest BCUT2D eigenvalue weighted by Gasteiger charge is -2.14. The Bertz CT molecular complexity index is 413. The summed E-state index contributed by atoms with van der Waals surface area (Å²) in [4.78, 5) is 10.1. The first-order valence-corrected chi connectivity index (χ1v) is 4.82. The van der Waals surface area contributed by atoms with Crippen molar-refractivity contribution in [1.82, 2.24) is 0 Å². The van der Waals surface area contributed by atoms with Crippen LogP contribution in [0.5, 0.6) is 5.75 Å². The lowest BCUT2D eigenvalue weighted by atomic mass is 10.2. The second-order valence-corrected chi connectivity index (χ2v) is 3.41. The number of alkyl halides is 2. The monoisotopic (exact) mass is 246 g/mol. The van der Waals surface area contributed by atoms with Gasteiger partial charge in [0.25, 0.3) is 12.1 Å². The Balaban J connectivity index is 3.02. The largest absolute Gasteiger partial charge is 0.496 e. The molecule has 1 unspecified atom stereocenters. The Morgan fingerprint density at radius 2 is 2.12 bits per heavy atom. The van der Waals surface area contributed by atoms with E-state index in [9.17, 15) is 18.9 Å². The van der Waals surface area contributed by atoms with E-state index in [4.69, 9.17) is 4.74 Å². The van der Waals surface area contributed by atoms with Crippen LogP contribution in [-0.2, 0) is 0 Å². The van der Waals surface area contributed by atoms with Crippen molar-refractivity contribution in [2.75, 3.05) is 12.4 Å². The smallest absolute Gasteiger partial charge is 0.296 e. The lowest BCUT2D eigenvalue weighted by Crippen LogP contribution is -2.24. The lowest BCUT2D eigenvalue weighted by molar-refractivity contribution is -0.384. The first-order valence-electron chi connectivity index (χ1n) is 4.82. The summed E-state index contributed by atoms with van der Waals surface area (Å²) in [7, 11) is 1.37. The summed E-state index contributed by atoms with van der Waals surface area (Å²) in [5.74, 6) is 0.298. The number of nitrogens with one attached hydrogen (secondary N) is 1. The summed E-state index contributed by atoms with van der Waals surface area (Å²) in [6.45, 7) is 1.25. The second-order valence-electron chi connectivity index (χ2n) is 3.41. The van der Waals surface area contributed by atoms with E-state index < -0.39 is 17.4 Å². The van der Waals surface area contributed by atoms with Crippen molar-refractivity contribution in [3.05, 3.63) is 28.3 Å². The first-order chi connectivity index (χ1) is 7.95. The van der Waals surface area contributed by atoms with Crippen LogP contribution in [-0.4, -0.2) is 24.5 Å². The van der Waals surface area contributed by atoms with Gasteiger partial charge in [-0.3, -0.25) is 10.1 Å². The predicted molar refractivity (Wildman–Crippen MR) is 58.7 cm³/mol. The number of rotatable bonds is 5. The number of nitro groups is 1. The molecular weight excluding hydrogens is 234 g/mol. The Labute approximate surface area is 96.5 Å². The molecule has 0 aliphatic heterocycles. The normalized spacial score (nSPS) is 12.3. The van der Waals surface area contributed by atoms with Crippen LogP contribution in [0, 0.1) is 10.1 Å². The third-order valence-electron chi connectivity index (χ3n) is 2.16. The summed E-state index contributed by atoms with van der Waals surface area (Å²) >= 11 is 0. The van der Waals surface area contributed by atoms with Crippen LogP contribution < -0.4 is 10.1 Å². The summed E-state index contributed by atoms with van der Waals surface area (Å²) in [5, 5.41) is 13.2. The molecule has 0 saturated carbocycles. The predicted octanol–water partition coefficient (Wildman–Crippen LogP) is 2.67. The van der Waals surface area contributed by atoms with E-state index >= 15 is 0 Å². The van der Waals surface area contributed by atoms with Gasteiger partial charge >= 0.3 is 0 Å². The number of halogens is 2. The zero-order valence-electron chi connectivity index (χ0n) is 9.31. The van der Waals surface area contributed by atoms with E-state index in [1.54, 1.807) is 0 Å². The molecule has 0 radical (unpaired) electrons. The highest BCUT2D eigenvalue weighted by Crippen LogP contribution is 2.29. The van der Waals surface area contributed by atoms with Crippen LogP contribution in [0.15, 0.2) is 18.2 Å². The third kappa shape index (κ3) is 3.27. The number of nitrogens with zero attached hydrogens (tertiary/aromatic N) is 1. The fraction of sp³-hybridized carbons (Fsp3) is 0.400. The fourth-order valence-electron chi connectivity index (χ4n) is 1.22. The Morgan fingerprint density at radius 3 is 2.59 bits per heavy atom. The summed E-state index contributed by atoms with van der Waals surface area (Å²) in [6.07, 6.45) is -2.60. The molecule has 0 aliphatic rings. The fourth-order valence-corrected chi connectivity index (χ4v) is 1.22. The molecule has 1 aromatic carbocycles.